The average molecular weight is 372 g/mol. The molecule has 3 aromatic rings. The molecule has 1 heterocycles. The van der Waals surface area contributed by atoms with E-state index in [0.29, 0.717) is 17.6 Å². The van der Waals surface area contributed by atoms with Crippen molar-refractivity contribution in [3.05, 3.63) is 54.1 Å². The molecular weight excluding hydrogens is 356 g/mol. The summed E-state index contributed by atoms with van der Waals surface area (Å²) in [5.74, 6) is -2.41. The number of aliphatic carboxylic acids is 2. The molecule has 134 valence electrons. The Hall–Kier alpha value is -3.00. The fourth-order valence-electron chi connectivity index (χ4n) is 2.37. The van der Waals surface area contributed by atoms with Gasteiger partial charge in [-0.1, -0.05) is 48.2 Å². The third-order valence-corrected chi connectivity index (χ3v) is 4.63. The van der Waals surface area contributed by atoms with Crippen LogP contribution in [0.25, 0.3) is 11.1 Å². The largest absolute Gasteiger partial charge is 0.481 e. The molecule has 2 aromatic carbocycles. The van der Waals surface area contributed by atoms with E-state index in [4.69, 9.17) is 14.6 Å². The van der Waals surface area contributed by atoms with Crippen LogP contribution in [0.5, 0.6) is 0 Å². The lowest BCUT2D eigenvalue weighted by Crippen LogP contribution is -2.20. The van der Waals surface area contributed by atoms with Crippen molar-refractivity contribution < 1.29 is 24.2 Å². The molecular formula is C18H16N2O5S. The van der Waals surface area contributed by atoms with Crippen molar-refractivity contribution in [3.8, 4) is 0 Å². The first-order valence-corrected chi connectivity index (χ1v) is 8.69. The number of fused-ring (bicyclic) bond motifs is 1. The maximum absolute atomic E-state index is 11.2. The number of hydrogen-bond donors (Lipinski definition) is 3. The lowest BCUT2D eigenvalue weighted by molar-refractivity contribution is -0.142. The summed E-state index contributed by atoms with van der Waals surface area (Å²) >= 11 is 0.788. The highest BCUT2D eigenvalue weighted by molar-refractivity contribution is 8.00. The van der Waals surface area contributed by atoms with Gasteiger partial charge in [-0.3, -0.25) is 9.59 Å². The van der Waals surface area contributed by atoms with Crippen LogP contribution < -0.4 is 5.32 Å². The first-order valence-electron chi connectivity index (χ1n) is 7.81. The number of para-hydroxylation sites is 1. The molecule has 0 spiro atoms. The van der Waals surface area contributed by atoms with Gasteiger partial charge in [-0.15, -0.1) is 0 Å². The number of rotatable bonds is 8. The molecule has 1 atom stereocenters. The number of hydrogen-bond acceptors (Lipinski definition) is 6. The van der Waals surface area contributed by atoms with Crippen LogP contribution in [0.2, 0.25) is 0 Å². The predicted molar refractivity (Wildman–Crippen MR) is 97.3 cm³/mol. The highest BCUT2D eigenvalue weighted by atomic mass is 32.2. The van der Waals surface area contributed by atoms with Crippen LogP contribution in [0.15, 0.2) is 58.2 Å². The average Bonchev–Trinajstić information content (AvgIpc) is 3.03. The van der Waals surface area contributed by atoms with E-state index in [1.807, 2.05) is 36.4 Å². The first kappa shape index (κ1) is 17.8. The minimum Gasteiger partial charge on any atom is -0.481 e. The molecule has 1 aromatic heterocycles. The number of benzene rings is 2. The molecule has 0 saturated heterocycles. The minimum atomic E-state index is -1.22. The van der Waals surface area contributed by atoms with Gasteiger partial charge in [0.2, 0.25) is 0 Å². The SMILES string of the molecule is O=C(O)CC(Sc1nc2c(NCc3ccccc3)cccc2o1)C(=O)O. The molecule has 0 bridgehead atoms. The Morgan fingerprint density at radius 1 is 1.12 bits per heavy atom. The lowest BCUT2D eigenvalue weighted by atomic mass is 10.2. The van der Waals surface area contributed by atoms with Gasteiger partial charge in [0.15, 0.2) is 5.58 Å². The van der Waals surface area contributed by atoms with Gasteiger partial charge in [0.1, 0.15) is 10.8 Å². The second kappa shape index (κ2) is 7.92. The maximum atomic E-state index is 11.2. The number of carboxylic acid groups (broad SMARTS) is 2. The molecule has 0 aliphatic carbocycles. The molecule has 1 unspecified atom stereocenters. The van der Waals surface area contributed by atoms with Crippen LogP contribution in [0.3, 0.4) is 0 Å². The number of nitrogens with one attached hydrogen (secondary N) is 1. The highest BCUT2D eigenvalue weighted by Gasteiger charge is 2.25. The van der Waals surface area contributed by atoms with Crippen LogP contribution in [-0.2, 0) is 16.1 Å². The van der Waals surface area contributed by atoms with Gasteiger partial charge in [0.25, 0.3) is 5.22 Å². The zero-order valence-corrected chi connectivity index (χ0v) is 14.4. The van der Waals surface area contributed by atoms with Gasteiger partial charge >= 0.3 is 11.9 Å². The Bertz CT molecular complexity index is 926. The van der Waals surface area contributed by atoms with Gasteiger partial charge in [-0.05, 0) is 17.7 Å². The van der Waals surface area contributed by atoms with Crippen LogP contribution in [0.1, 0.15) is 12.0 Å². The van der Waals surface area contributed by atoms with Crippen LogP contribution in [0, 0.1) is 0 Å². The van der Waals surface area contributed by atoms with E-state index in [1.54, 1.807) is 12.1 Å². The molecule has 26 heavy (non-hydrogen) atoms. The number of carbonyl (C=O) groups is 2. The van der Waals surface area contributed by atoms with Crippen molar-refractivity contribution in [2.75, 3.05) is 5.32 Å². The van der Waals surface area contributed by atoms with E-state index in [1.165, 1.54) is 0 Å². The van der Waals surface area contributed by atoms with Crippen molar-refractivity contribution in [1.29, 1.82) is 0 Å². The third-order valence-electron chi connectivity index (χ3n) is 3.60. The molecule has 3 N–H and O–H groups in total. The van der Waals surface area contributed by atoms with Crippen molar-refractivity contribution >= 4 is 40.5 Å². The van der Waals surface area contributed by atoms with Gasteiger partial charge in [-0.25, -0.2) is 4.98 Å². The molecule has 0 saturated carbocycles. The molecule has 0 radical (unpaired) electrons. The van der Waals surface area contributed by atoms with E-state index in [2.05, 4.69) is 10.3 Å². The topological polar surface area (TPSA) is 113 Å². The molecule has 8 heteroatoms. The summed E-state index contributed by atoms with van der Waals surface area (Å²) in [4.78, 5) is 26.4. The molecule has 0 amide bonds. The van der Waals surface area contributed by atoms with E-state index >= 15 is 0 Å². The van der Waals surface area contributed by atoms with Crippen molar-refractivity contribution in [3.63, 3.8) is 0 Å². The van der Waals surface area contributed by atoms with E-state index in [0.717, 1.165) is 23.0 Å². The molecule has 0 aliphatic heterocycles. The minimum absolute atomic E-state index is 0.127. The van der Waals surface area contributed by atoms with Crippen LogP contribution in [-0.4, -0.2) is 32.4 Å². The Labute approximate surface area is 153 Å². The predicted octanol–water partition coefficient (Wildman–Crippen LogP) is 3.46. The number of anilines is 1. The number of nitrogens with zero attached hydrogens (tertiary/aromatic N) is 1. The summed E-state index contributed by atoms with van der Waals surface area (Å²) < 4.78 is 5.58. The zero-order chi connectivity index (χ0) is 18.5. The maximum Gasteiger partial charge on any atom is 0.317 e. The highest BCUT2D eigenvalue weighted by Crippen LogP contribution is 2.31. The second-order valence-corrected chi connectivity index (χ2v) is 6.67. The summed E-state index contributed by atoms with van der Waals surface area (Å²) in [6.07, 6.45) is -0.516. The Morgan fingerprint density at radius 2 is 1.88 bits per heavy atom. The summed E-state index contributed by atoms with van der Waals surface area (Å²) in [5, 5.41) is 20.2. The number of oxazole rings is 1. The third kappa shape index (κ3) is 4.34. The summed E-state index contributed by atoms with van der Waals surface area (Å²) in [6, 6.07) is 15.2. The van der Waals surface area contributed by atoms with Crippen molar-refractivity contribution in [1.82, 2.24) is 4.98 Å². The first-order chi connectivity index (χ1) is 12.5. The molecule has 0 aliphatic rings. The van der Waals surface area contributed by atoms with E-state index in [9.17, 15) is 9.59 Å². The molecule has 0 fully saturated rings. The summed E-state index contributed by atoms with van der Waals surface area (Å²) in [7, 11) is 0. The monoisotopic (exact) mass is 372 g/mol. The zero-order valence-electron chi connectivity index (χ0n) is 13.6. The van der Waals surface area contributed by atoms with Crippen LogP contribution in [0.4, 0.5) is 5.69 Å². The number of thioether (sulfide) groups is 1. The van der Waals surface area contributed by atoms with Crippen molar-refractivity contribution in [2.24, 2.45) is 0 Å². The lowest BCUT2D eigenvalue weighted by Gasteiger charge is -2.06. The Morgan fingerprint density at radius 3 is 2.58 bits per heavy atom. The standard InChI is InChI=1S/C18H16N2O5S/c21-15(22)9-14(17(23)24)26-18-20-16-12(7-4-8-13(16)25-18)19-10-11-5-2-1-3-6-11/h1-8,14,19H,9-10H2,(H,21,22)(H,23,24). The smallest absolute Gasteiger partial charge is 0.317 e. The van der Waals surface area contributed by atoms with Crippen LogP contribution >= 0.6 is 11.8 Å². The molecule has 3 rings (SSSR count). The summed E-state index contributed by atoms with van der Waals surface area (Å²) in [6.45, 7) is 0.603. The van der Waals surface area contributed by atoms with E-state index < -0.39 is 23.6 Å². The Kier molecular flexibility index (Phi) is 5.43. The van der Waals surface area contributed by atoms with Gasteiger partial charge in [0.05, 0.1) is 12.1 Å². The quantitative estimate of drug-likeness (QED) is 0.515. The van der Waals surface area contributed by atoms with Gasteiger partial charge in [0, 0.05) is 6.54 Å². The number of aromatic nitrogens is 1. The van der Waals surface area contributed by atoms with E-state index in [-0.39, 0.29) is 5.22 Å². The fourth-order valence-corrected chi connectivity index (χ4v) is 3.23. The second-order valence-electron chi connectivity index (χ2n) is 5.51. The molecule has 7 nitrogen and oxygen atoms in total. The Balaban J connectivity index is 1.79. The van der Waals surface area contributed by atoms with Gasteiger partial charge in [-0.2, -0.15) is 0 Å². The summed E-state index contributed by atoms with van der Waals surface area (Å²) in [5.41, 5.74) is 2.94. The number of carboxylic acids is 2. The normalized spacial score (nSPS) is 12.0. The van der Waals surface area contributed by atoms with Crippen molar-refractivity contribution in [2.45, 2.75) is 23.4 Å². The fraction of sp³-hybridized carbons (Fsp3) is 0.167. The van der Waals surface area contributed by atoms with Gasteiger partial charge < -0.3 is 19.9 Å².